The van der Waals surface area contributed by atoms with Crippen molar-refractivity contribution in [1.29, 1.82) is 0 Å². The van der Waals surface area contributed by atoms with E-state index in [1.54, 1.807) is 17.0 Å². The number of benzene rings is 2. The maximum Gasteiger partial charge on any atom is 0.255 e. The molecule has 0 bridgehead atoms. The third-order valence-electron chi connectivity index (χ3n) is 6.57. The zero-order valence-electron chi connectivity index (χ0n) is 21.7. The number of rotatable bonds is 6. The van der Waals surface area contributed by atoms with Crippen LogP contribution in [0.1, 0.15) is 48.2 Å². The van der Waals surface area contributed by atoms with Gasteiger partial charge in [-0.2, -0.15) is 12.6 Å². The second kappa shape index (κ2) is 14.8. The second-order valence-corrected chi connectivity index (χ2v) is 9.76. The zero-order valence-corrected chi connectivity index (χ0v) is 22.6. The number of thiol groups is 1. The van der Waals surface area contributed by atoms with Crippen molar-refractivity contribution in [2.45, 2.75) is 45.5 Å². The van der Waals surface area contributed by atoms with Crippen molar-refractivity contribution < 1.29 is 31.5 Å². The van der Waals surface area contributed by atoms with Crippen molar-refractivity contribution in [1.82, 2.24) is 20.4 Å². The van der Waals surface area contributed by atoms with Crippen LogP contribution < -0.4 is 15.4 Å². The minimum absolute atomic E-state index is 0. The van der Waals surface area contributed by atoms with Crippen LogP contribution in [0.2, 0.25) is 0 Å². The summed E-state index contributed by atoms with van der Waals surface area (Å²) in [6.07, 6.45) is 0.589. The number of nitrogens with one attached hydrogen (secondary N) is 2. The Morgan fingerprint density at radius 2 is 1.68 bits per heavy atom. The second-order valence-electron chi connectivity index (χ2n) is 9.13. The molecule has 38 heavy (non-hydrogen) atoms. The average molecular weight is 549 g/mol. The number of imide groups is 1. The molecule has 0 radical (unpaired) electrons. The van der Waals surface area contributed by atoms with Crippen LogP contribution in [0.5, 0.6) is 5.75 Å². The fourth-order valence-electron chi connectivity index (χ4n) is 4.72. The van der Waals surface area contributed by atoms with E-state index in [1.165, 1.54) is 5.56 Å². The van der Waals surface area contributed by atoms with Crippen molar-refractivity contribution >= 4 is 30.4 Å². The van der Waals surface area contributed by atoms with Crippen LogP contribution >= 0.6 is 12.6 Å². The predicted octanol–water partition coefficient (Wildman–Crippen LogP) is 0.964. The van der Waals surface area contributed by atoms with Crippen LogP contribution in [0.3, 0.4) is 0 Å². The van der Waals surface area contributed by atoms with Gasteiger partial charge in [0.05, 0.1) is 6.54 Å². The van der Waals surface area contributed by atoms with E-state index in [-0.39, 0.29) is 30.6 Å². The Labute approximate surface area is 230 Å². The van der Waals surface area contributed by atoms with Gasteiger partial charge >= 0.3 is 0 Å². The van der Waals surface area contributed by atoms with Crippen molar-refractivity contribution in [2.75, 3.05) is 31.9 Å². The molecule has 3 aliphatic rings. The number of piperidine rings is 1. The lowest BCUT2D eigenvalue weighted by Crippen LogP contribution is -2.52. The van der Waals surface area contributed by atoms with Crippen molar-refractivity contribution in [3.63, 3.8) is 0 Å². The SMILES string of the molecule is CCS.O.O.O=C1CCC(N2Cc3c(OCc4ccc(CN5CCNCC5)cc4)cccc3C2=O)C(=O)N1.[HH]. The molecule has 0 saturated carbocycles. The zero-order chi connectivity index (χ0) is 25.5. The van der Waals surface area contributed by atoms with Gasteiger partial charge in [-0.05, 0) is 35.4 Å². The number of amides is 3. The lowest BCUT2D eigenvalue weighted by molar-refractivity contribution is -0.136. The van der Waals surface area contributed by atoms with Gasteiger partial charge in [-0.15, -0.1) is 0 Å². The van der Waals surface area contributed by atoms with Crippen molar-refractivity contribution in [3.05, 3.63) is 64.7 Å². The molecule has 0 aliphatic carbocycles. The summed E-state index contributed by atoms with van der Waals surface area (Å²) >= 11 is 3.79. The minimum Gasteiger partial charge on any atom is -0.489 e. The maximum atomic E-state index is 12.9. The fourth-order valence-corrected chi connectivity index (χ4v) is 4.72. The molecule has 1 unspecified atom stereocenters. The number of nitrogens with zero attached hydrogens (tertiary/aromatic N) is 2. The topological polar surface area (TPSA) is 154 Å². The Morgan fingerprint density at radius 3 is 2.34 bits per heavy atom. The highest BCUT2D eigenvalue weighted by atomic mass is 32.1. The van der Waals surface area contributed by atoms with Gasteiger partial charge in [0.2, 0.25) is 11.8 Å². The Morgan fingerprint density at radius 1 is 1.03 bits per heavy atom. The van der Waals surface area contributed by atoms with Crippen LogP contribution in [0, 0.1) is 0 Å². The molecule has 1 atom stereocenters. The van der Waals surface area contributed by atoms with Gasteiger partial charge in [0, 0.05) is 51.7 Å². The highest BCUT2D eigenvalue weighted by Crippen LogP contribution is 2.34. The number of piperazine rings is 1. The van der Waals surface area contributed by atoms with Gasteiger partial charge in [-0.25, -0.2) is 0 Å². The highest BCUT2D eigenvalue weighted by Gasteiger charge is 2.40. The van der Waals surface area contributed by atoms with E-state index in [0.29, 0.717) is 30.9 Å². The van der Waals surface area contributed by atoms with Crippen LogP contribution in [-0.2, 0) is 29.3 Å². The number of carbonyl (C=O) groups is 3. The van der Waals surface area contributed by atoms with Gasteiger partial charge in [0.1, 0.15) is 18.4 Å². The van der Waals surface area contributed by atoms with E-state index in [4.69, 9.17) is 4.74 Å². The molecule has 5 rings (SSSR count). The Kier molecular flexibility index (Phi) is 12.2. The fraction of sp³-hybridized carbons (Fsp3) is 0.444. The molecular weight excluding hydrogens is 508 g/mol. The van der Waals surface area contributed by atoms with E-state index >= 15 is 0 Å². The molecule has 2 aromatic rings. The van der Waals surface area contributed by atoms with Gasteiger partial charge in [0.15, 0.2) is 0 Å². The summed E-state index contributed by atoms with van der Waals surface area (Å²) in [6.45, 7) is 7.86. The van der Waals surface area contributed by atoms with E-state index in [1.807, 2.05) is 13.0 Å². The van der Waals surface area contributed by atoms with Crippen molar-refractivity contribution in [2.24, 2.45) is 0 Å². The highest BCUT2D eigenvalue weighted by molar-refractivity contribution is 7.80. The van der Waals surface area contributed by atoms with Crippen molar-refractivity contribution in [3.8, 4) is 5.75 Å². The summed E-state index contributed by atoms with van der Waals surface area (Å²) in [5, 5.41) is 5.71. The maximum absolute atomic E-state index is 12.9. The molecule has 2 aromatic carbocycles. The predicted molar refractivity (Wildman–Crippen MR) is 150 cm³/mol. The molecule has 6 N–H and O–H groups in total. The summed E-state index contributed by atoms with van der Waals surface area (Å²) in [7, 11) is 0. The molecule has 10 nitrogen and oxygen atoms in total. The largest absolute Gasteiger partial charge is 0.489 e. The Balaban J connectivity index is 0.00000121. The van der Waals surface area contributed by atoms with Crippen LogP contribution in [0.15, 0.2) is 42.5 Å². The average Bonchev–Trinajstić information content (AvgIpc) is 3.21. The molecule has 2 fully saturated rings. The lowest BCUT2D eigenvalue weighted by Gasteiger charge is -2.29. The molecule has 3 heterocycles. The van der Waals surface area contributed by atoms with Gasteiger partial charge in [-0.1, -0.05) is 37.3 Å². The molecule has 0 aromatic heterocycles. The summed E-state index contributed by atoms with van der Waals surface area (Å²) in [5.41, 5.74) is 3.70. The third kappa shape index (κ3) is 7.55. The molecule has 3 amide bonds. The summed E-state index contributed by atoms with van der Waals surface area (Å²) in [6, 6.07) is 13.3. The molecular formula is C27H40N4O6S. The van der Waals surface area contributed by atoms with E-state index in [2.05, 4.69) is 52.4 Å². The first-order valence-electron chi connectivity index (χ1n) is 12.5. The Bertz CT molecular complexity index is 1100. The van der Waals surface area contributed by atoms with Gasteiger partial charge < -0.3 is 25.9 Å². The van der Waals surface area contributed by atoms with E-state index in [0.717, 1.165) is 49.6 Å². The number of ether oxygens (including phenoxy) is 1. The third-order valence-corrected chi connectivity index (χ3v) is 6.57. The number of fused-ring (bicyclic) bond motifs is 1. The minimum atomic E-state index is -0.626. The first kappa shape index (κ1) is 31.3. The molecule has 210 valence electrons. The molecule has 11 heteroatoms. The van der Waals surface area contributed by atoms with E-state index < -0.39 is 11.9 Å². The van der Waals surface area contributed by atoms with Crippen LogP contribution in [-0.4, -0.2) is 76.4 Å². The first-order valence-corrected chi connectivity index (χ1v) is 13.1. The molecule has 3 aliphatic heterocycles. The summed E-state index contributed by atoms with van der Waals surface area (Å²) in [5.74, 6) is 0.710. The van der Waals surface area contributed by atoms with E-state index in [9.17, 15) is 14.4 Å². The molecule has 0 spiro atoms. The smallest absolute Gasteiger partial charge is 0.255 e. The standard InChI is InChI=1S/C25H28N4O4.C2H6S.2H2O.H2/c30-23-9-8-21(24(31)27-23)29-15-20-19(25(29)32)2-1-3-22(20)33-16-18-6-4-17(5-7-18)14-28-12-10-26-11-13-28;1-2-3;;;/h1-7,21,26H,8-16H2,(H,27,30,31);3H,2H2,1H3;2*1H2;1H. The molecule has 2 saturated heterocycles. The lowest BCUT2D eigenvalue weighted by atomic mass is 10.0. The quantitative estimate of drug-likeness (QED) is 0.361. The van der Waals surface area contributed by atoms with Gasteiger partial charge in [-0.3, -0.25) is 24.6 Å². The Hall–Kier alpha value is -2.96. The van der Waals surface area contributed by atoms with Crippen LogP contribution in [0.4, 0.5) is 0 Å². The first-order chi connectivity index (χ1) is 17.5. The normalized spacial score (nSPS) is 18.8. The monoisotopic (exact) mass is 548 g/mol. The number of hydrogen-bond acceptors (Lipinski definition) is 7. The summed E-state index contributed by atoms with van der Waals surface area (Å²) in [4.78, 5) is 40.7. The van der Waals surface area contributed by atoms with Gasteiger partial charge in [0.25, 0.3) is 5.91 Å². The number of hydrogen-bond donors (Lipinski definition) is 3. The summed E-state index contributed by atoms with van der Waals surface area (Å²) < 4.78 is 6.10. The van der Waals surface area contributed by atoms with Crippen LogP contribution in [0.25, 0.3) is 0 Å². The number of carbonyl (C=O) groups excluding carboxylic acids is 3.